The van der Waals surface area contributed by atoms with Crippen LogP contribution in [0.25, 0.3) is 0 Å². The van der Waals surface area contributed by atoms with Crippen molar-refractivity contribution in [3.63, 3.8) is 0 Å². The van der Waals surface area contributed by atoms with Gasteiger partial charge in [-0.05, 0) is 20.8 Å². The Bertz CT molecular complexity index is 594. The fraction of sp³-hybridized carbons (Fsp3) is 0.438. The number of imide groups is 1. The second-order valence-electron chi connectivity index (χ2n) is 6.09. The number of rotatable bonds is 4. The van der Waals surface area contributed by atoms with Crippen LogP contribution >= 0.6 is 0 Å². The number of amides is 3. The monoisotopic (exact) mass is 320 g/mol. The fourth-order valence-electron chi connectivity index (χ4n) is 2.07. The molecule has 23 heavy (non-hydrogen) atoms. The molecule has 0 aliphatic carbocycles. The van der Waals surface area contributed by atoms with Gasteiger partial charge in [0.25, 0.3) is 5.91 Å². The molecule has 3 amide bonds. The number of cyclic esters (lactones) is 1. The van der Waals surface area contributed by atoms with E-state index >= 15 is 0 Å². The average molecular weight is 320 g/mol. The molecule has 0 unspecified atom stereocenters. The Hall–Kier alpha value is -2.57. The van der Waals surface area contributed by atoms with Crippen molar-refractivity contribution in [3.05, 3.63) is 35.9 Å². The summed E-state index contributed by atoms with van der Waals surface area (Å²) < 4.78 is 10.2. The molecule has 2 rings (SSSR count). The van der Waals surface area contributed by atoms with Gasteiger partial charge in [0.2, 0.25) is 6.10 Å². The van der Waals surface area contributed by atoms with Crippen molar-refractivity contribution in [3.8, 4) is 0 Å². The summed E-state index contributed by atoms with van der Waals surface area (Å²) in [4.78, 5) is 36.6. The van der Waals surface area contributed by atoms with Crippen LogP contribution in [0.3, 0.4) is 0 Å². The van der Waals surface area contributed by atoms with Crippen molar-refractivity contribution < 1.29 is 23.9 Å². The smallest absolute Gasteiger partial charge is 0.417 e. The molecule has 0 radical (unpaired) electrons. The van der Waals surface area contributed by atoms with E-state index in [4.69, 9.17) is 9.47 Å². The third-order valence-corrected chi connectivity index (χ3v) is 3.04. The highest BCUT2D eigenvalue weighted by molar-refractivity contribution is 6.00. The van der Waals surface area contributed by atoms with Gasteiger partial charge in [0.15, 0.2) is 0 Å². The van der Waals surface area contributed by atoms with Gasteiger partial charge < -0.3 is 14.8 Å². The standard InChI is InChI=1S/C16H20N2O5/c1-16(2,3)23-14(20)17-9-10-18-13(19)12(22-15(18)21)11-7-5-4-6-8-11/h4-8,12H,9-10H2,1-3H3,(H,17,20)/t12-/m1/s1. The number of carbonyl (C=O) groups is 3. The molecule has 1 aliphatic rings. The van der Waals surface area contributed by atoms with Crippen molar-refractivity contribution in [2.45, 2.75) is 32.5 Å². The molecule has 7 nitrogen and oxygen atoms in total. The van der Waals surface area contributed by atoms with Crippen LogP contribution in [0.4, 0.5) is 9.59 Å². The van der Waals surface area contributed by atoms with E-state index in [2.05, 4.69) is 5.32 Å². The number of nitrogens with one attached hydrogen (secondary N) is 1. The maximum absolute atomic E-state index is 12.3. The Balaban J connectivity index is 1.88. The first-order valence-electron chi connectivity index (χ1n) is 7.32. The molecule has 7 heteroatoms. The zero-order chi connectivity index (χ0) is 17.0. The predicted molar refractivity (Wildman–Crippen MR) is 81.6 cm³/mol. The molecular formula is C16H20N2O5. The summed E-state index contributed by atoms with van der Waals surface area (Å²) in [6.07, 6.45) is -2.24. The van der Waals surface area contributed by atoms with Crippen molar-refractivity contribution in [1.82, 2.24) is 10.2 Å². The molecule has 1 atom stereocenters. The van der Waals surface area contributed by atoms with Crippen molar-refractivity contribution in [2.24, 2.45) is 0 Å². The Morgan fingerprint density at radius 3 is 2.52 bits per heavy atom. The first-order valence-corrected chi connectivity index (χ1v) is 7.32. The fourth-order valence-corrected chi connectivity index (χ4v) is 2.07. The highest BCUT2D eigenvalue weighted by atomic mass is 16.6. The summed E-state index contributed by atoms with van der Waals surface area (Å²) in [5.74, 6) is -0.438. The first-order chi connectivity index (χ1) is 10.8. The predicted octanol–water partition coefficient (Wildman–Crippen LogP) is 2.23. The highest BCUT2D eigenvalue weighted by Gasteiger charge is 2.41. The van der Waals surface area contributed by atoms with Gasteiger partial charge in [-0.1, -0.05) is 30.3 Å². The summed E-state index contributed by atoms with van der Waals surface area (Å²) in [6.45, 7) is 5.37. The Labute approximate surface area is 134 Å². The number of ether oxygens (including phenoxy) is 2. The summed E-state index contributed by atoms with van der Waals surface area (Å²) >= 11 is 0. The lowest BCUT2D eigenvalue weighted by Crippen LogP contribution is -2.40. The zero-order valence-electron chi connectivity index (χ0n) is 13.4. The van der Waals surface area contributed by atoms with E-state index in [1.54, 1.807) is 45.0 Å². The van der Waals surface area contributed by atoms with Crippen molar-refractivity contribution in [2.75, 3.05) is 13.1 Å². The molecule has 1 aliphatic heterocycles. The summed E-state index contributed by atoms with van der Waals surface area (Å²) in [6, 6.07) is 8.79. The topological polar surface area (TPSA) is 84.9 Å². The van der Waals surface area contributed by atoms with E-state index in [9.17, 15) is 14.4 Å². The van der Waals surface area contributed by atoms with Crippen LogP contribution in [0.5, 0.6) is 0 Å². The molecule has 1 aromatic carbocycles. The summed E-state index contributed by atoms with van der Waals surface area (Å²) in [7, 11) is 0. The number of alkyl carbamates (subject to hydrolysis) is 1. The van der Waals surface area contributed by atoms with Crippen LogP contribution in [0, 0.1) is 0 Å². The molecule has 1 saturated heterocycles. The third-order valence-electron chi connectivity index (χ3n) is 3.04. The number of carbonyl (C=O) groups excluding carboxylic acids is 3. The molecule has 0 bridgehead atoms. The van der Waals surface area contributed by atoms with E-state index < -0.39 is 29.8 Å². The van der Waals surface area contributed by atoms with Crippen LogP contribution in [-0.2, 0) is 14.3 Å². The van der Waals surface area contributed by atoms with Gasteiger partial charge in [-0.15, -0.1) is 0 Å². The van der Waals surface area contributed by atoms with E-state index in [-0.39, 0.29) is 13.1 Å². The van der Waals surface area contributed by atoms with Crippen LogP contribution in [0.2, 0.25) is 0 Å². The molecule has 1 fully saturated rings. The second kappa shape index (κ2) is 6.68. The average Bonchev–Trinajstić information content (AvgIpc) is 2.74. The Morgan fingerprint density at radius 1 is 1.26 bits per heavy atom. The van der Waals surface area contributed by atoms with Gasteiger partial charge in [-0.25, -0.2) is 14.5 Å². The number of nitrogens with zero attached hydrogens (tertiary/aromatic N) is 1. The quantitative estimate of drug-likeness (QED) is 0.919. The molecule has 1 N–H and O–H groups in total. The molecule has 1 aromatic rings. The largest absolute Gasteiger partial charge is 0.444 e. The molecule has 124 valence electrons. The third kappa shape index (κ3) is 4.45. The van der Waals surface area contributed by atoms with Crippen molar-refractivity contribution >= 4 is 18.1 Å². The lowest BCUT2D eigenvalue weighted by Gasteiger charge is -2.20. The lowest BCUT2D eigenvalue weighted by molar-refractivity contribution is -0.129. The minimum Gasteiger partial charge on any atom is -0.444 e. The summed E-state index contributed by atoms with van der Waals surface area (Å²) in [5.41, 5.74) is 0.0127. The second-order valence-corrected chi connectivity index (χ2v) is 6.09. The van der Waals surface area contributed by atoms with Crippen LogP contribution in [0.15, 0.2) is 30.3 Å². The van der Waals surface area contributed by atoms with E-state index in [0.717, 1.165) is 4.90 Å². The van der Waals surface area contributed by atoms with E-state index in [1.165, 1.54) is 0 Å². The van der Waals surface area contributed by atoms with Crippen LogP contribution in [-0.4, -0.2) is 41.7 Å². The summed E-state index contributed by atoms with van der Waals surface area (Å²) in [5, 5.41) is 2.50. The maximum atomic E-state index is 12.3. The SMILES string of the molecule is CC(C)(C)OC(=O)NCCN1C(=O)O[C@H](c2ccccc2)C1=O. The van der Waals surface area contributed by atoms with Crippen LogP contribution < -0.4 is 5.32 Å². The van der Waals surface area contributed by atoms with Gasteiger partial charge >= 0.3 is 12.2 Å². The normalized spacial score (nSPS) is 17.9. The number of hydrogen-bond acceptors (Lipinski definition) is 5. The van der Waals surface area contributed by atoms with Gasteiger partial charge in [-0.2, -0.15) is 0 Å². The van der Waals surface area contributed by atoms with Gasteiger partial charge in [-0.3, -0.25) is 4.79 Å². The minimum absolute atomic E-state index is 0.0280. The molecule has 1 heterocycles. The van der Waals surface area contributed by atoms with Gasteiger partial charge in [0, 0.05) is 18.7 Å². The van der Waals surface area contributed by atoms with Gasteiger partial charge in [0.05, 0.1) is 0 Å². The Morgan fingerprint density at radius 2 is 1.91 bits per heavy atom. The first kappa shape index (κ1) is 16.8. The van der Waals surface area contributed by atoms with Gasteiger partial charge in [0.1, 0.15) is 5.60 Å². The Kier molecular flexibility index (Phi) is 4.88. The number of benzene rings is 1. The molecule has 0 aromatic heterocycles. The molecule has 0 saturated carbocycles. The van der Waals surface area contributed by atoms with Crippen LogP contribution in [0.1, 0.15) is 32.4 Å². The molecular weight excluding hydrogens is 300 g/mol. The molecule has 0 spiro atoms. The maximum Gasteiger partial charge on any atom is 0.417 e. The number of hydrogen-bond donors (Lipinski definition) is 1. The van der Waals surface area contributed by atoms with E-state index in [1.807, 2.05) is 6.07 Å². The minimum atomic E-state index is -0.926. The zero-order valence-corrected chi connectivity index (χ0v) is 13.4. The van der Waals surface area contributed by atoms with Crippen molar-refractivity contribution in [1.29, 1.82) is 0 Å². The lowest BCUT2D eigenvalue weighted by atomic mass is 10.1. The highest BCUT2D eigenvalue weighted by Crippen LogP contribution is 2.26. The van der Waals surface area contributed by atoms with E-state index in [0.29, 0.717) is 5.56 Å².